The third-order valence-corrected chi connectivity index (χ3v) is 4.33. The van der Waals surface area contributed by atoms with E-state index in [0.29, 0.717) is 12.0 Å². The Labute approximate surface area is 103 Å². The molecule has 2 unspecified atom stereocenters. The summed E-state index contributed by atoms with van der Waals surface area (Å²) in [5, 5.41) is 0. The first-order valence-electron chi connectivity index (χ1n) is 6.14. The average molecular weight is 236 g/mol. The molecule has 0 amide bonds. The minimum atomic E-state index is 0.405. The molecule has 1 nitrogen and oxygen atoms in total. The van der Waals surface area contributed by atoms with E-state index in [1.807, 2.05) is 11.8 Å². The molecule has 2 rings (SSSR count). The number of hydrogen-bond donors (Lipinski definition) is 0. The molecule has 0 saturated heterocycles. The molecule has 0 spiro atoms. The maximum atomic E-state index is 5.91. The summed E-state index contributed by atoms with van der Waals surface area (Å²) in [7, 11) is 0. The second-order valence-electron chi connectivity index (χ2n) is 4.48. The van der Waals surface area contributed by atoms with E-state index >= 15 is 0 Å². The fraction of sp³-hybridized carbons (Fsp3) is 0.571. The SMILES string of the molecule is CCCC(C)OCC1CSc2ccccc21. The third-order valence-electron chi connectivity index (χ3n) is 3.08. The van der Waals surface area contributed by atoms with Gasteiger partial charge in [0.15, 0.2) is 0 Å². The van der Waals surface area contributed by atoms with E-state index in [4.69, 9.17) is 4.74 Å². The van der Waals surface area contributed by atoms with Crippen molar-refractivity contribution >= 4 is 11.8 Å². The van der Waals surface area contributed by atoms with Crippen molar-refractivity contribution in [3.63, 3.8) is 0 Å². The van der Waals surface area contributed by atoms with Crippen molar-refractivity contribution in [3.05, 3.63) is 29.8 Å². The number of rotatable bonds is 5. The Balaban J connectivity index is 1.88. The largest absolute Gasteiger partial charge is 0.378 e. The lowest BCUT2D eigenvalue weighted by Crippen LogP contribution is -2.14. The summed E-state index contributed by atoms with van der Waals surface area (Å²) in [5.41, 5.74) is 1.48. The van der Waals surface area contributed by atoms with Crippen LogP contribution in [0.2, 0.25) is 0 Å². The predicted octanol–water partition coefficient (Wildman–Crippen LogP) is 4.08. The summed E-state index contributed by atoms with van der Waals surface area (Å²) in [6.07, 6.45) is 2.78. The molecule has 0 N–H and O–H groups in total. The maximum absolute atomic E-state index is 5.91. The van der Waals surface area contributed by atoms with Gasteiger partial charge in [0.05, 0.1) is 12.7 Å². The number of hydrogen-bond acceptors (Lipinski definition) is 2. The minimum Gasteiger partial charge on any atom is -0.378 e. The van der Waals surface area contributed by atoms with Gasteiger partial charge in [-0.2, -0.15) is 0 Å². The molecular weight excluding hydrogens is 216 g/mol. The molecule has 0 aromatic heterocycles. The molecule has 1 aliphatic rings. The van der Waals surface area contributed by atoms with Gasteiger partial charge >= 0.3 is 0 Å². The van der Waals surface area contributed by atoms with E-state index < -0.39 is 0 Å². The quantitative estimate of drug-likeness (QED) is 0.762. The summed E-state index contributed by atoms with van der Waals surface area (Å²) in [4.78, 5) is 1.44. The highest BCUT2D eigenvalue weighted by Crippen LogP contribution is 2.39. The van der Waals surface area contributed by atoms with Crippen molar-refractivity contribution in [2.75, 3.05) is 12.4 Å². The van der Waals surface area contributed by atoms with Gasteiger partial charge in [0.25, 0.3) is 0 Å². The summed E-state index contributed by atoms with van der Waals surface area (Å²) in [5.74, 6) is 1.78. The van der Waals surface area contributed by atoms with Gasteiger partial charge in [0.2, 0.25) is 0 Å². The monoisotopic (exact) mass is 236 g/mol. The van der Waals surface area contributed by atoms with Gasteiger partial charge in [0, 0.05) is 16.6 Å². The van der Waals surface area contributed by atoms with Crippen molar-refractivity contribution in [2.24, 2.45) is 0 Å². The highest BCUT2D eigenvalue weighted by molar-refractivity contribution is 7.99. The van der Waals surface area contributed by atoms with E-state index in [-0.39, 0.29) is 0 Å². The van der Waals surface area contributed by atoms with E-state index in [9.17, 15) is 0 Å². The molecule has 0 saturated carbocycles. The summed E-state index contributed by atoms with van der Waals surface area (Å²) in [6, 6.07) is 8.71. The van der Waals surface area contributed by atoms with Crippen LogP contribution in [0.5, 0.6) is 0 Å². The van der Waals surface area contributed by atoms with Gasteiger partial charge in [-0.05, 0) is 25.0 Å². The Morgan fingerprint density at radius 2 is 2.25 bits per heavy atom. The lowest BCUT2D eigenvalue weighted by atomic mass is 10.0. The van der Waals surface area contributed by atoms with E-state index in [2.05, 4.69) is 38.1 Å². The van der Waals surface area contributed by atoms with Crippen LogP contribution in [-0.4, -0.2) is 18.5 Å². The predicted molar refractivity (Wildman–Crippen MR) is 70.2 cm³/mol. The zero-order chi connectivity index (χ0) is 11.4. The van der Waals surface area contributed by atoms with Crippen LogP contribution in [0.3, 0.4) is 0 Å². The van der Waals surface area contributed by atoms with Gasteiger partial charge in [-0.1, -0.05) is 31.5 Å². The second-order valence-corrected chi connectivity index (χ2v) is 5.54. The number of fused-ring (bicyclic) bond motifs is 1. The van der Waals surface area contributed by atoms with Gasteiger partial charge in [-0.15, -0.1) is 11.8 Å². The average Bonchev–Trinajstić information content (AvgIpc) is 2.70. The van der Waals surface area contributed by atoms with Gasteiger partial charge in [-0.25, -0.2) is 0 Å². The van der Waals surface area contributed by atoms with Gasteiger partial charge in [0.1, 0.15) is 0 Å². The molecule has 16 heavy (non-hydrogen) atoms. The molecular formula is C14H20OS. The Morgan fingerprint density at radius 3 is 3.06 bits per heavy atom. The lowest BCUT2D eigenvalue weighted by Gasteiger charge is -2.16. The molecule has 88 valence electrons. The Kier molecular flexibility index (Phi) is 4.30. The van der Waals surface area contributed by atoms with Crippen molar-refractivity contribution in [1.29, 1.82) is 0 Å². The van der Waals surface area contributed by atoms with Crippen molar-refractivity contribution in [2.45, 2.75) is 43.6 Å². The summed E-state index contributed by atoms with van der Waals surface area (Å²) < 4.78 is 5.91. The topological polar surface area (TPSA) is 9.23 Å². The molecule has 1 heterocycles. The summed E-state index contributed by atoms with van der Waals surface area (Å²) in [6.45, 7) is 5.27. The lowest BCUT2D eigenvalue weighted by molar-refractivity contribution is 0.0528. The Bertz CT molecular complexity index is 337. The number of thioether (sulfide) groups is 1. The Morgan fingerprint density at radius 1 is 1.44 bits per heavy atom. The second kappa shape index (κ2) is 5.74. The van der Waals surface area contributed by atoms with Crippen LogP contribution < -0.4 is 0 Å². The first kappa shape index (κ1) is 12.0. The minimum absolute atomic E-state index is 0.405. The van der Waals surface area contributed by atoms with Crippen molar-refractivity contribution < 1.29 is 4.74 Å². The van der Waals surface area contributed by atoms with Crippen molar-refractivity contribution in [3.8, 4) is 0 Å². The third kappa shape index (κ3) is 2.80. The molecule has 0 aliphatic carbocycles. The molecule has 2 atom stereocenters. The van der Waals surface area contributed by atoms with Crippen LogP contribution in [0.4, 0.5) is 0 Å². The molecule has 0 radical (unpaired) electrons. The van der Waals surface area contributed by atoms with Crippen LogP contribution >= 0.6 is 11.8 Å². The first-order valence-corrected chi connectivity index (χ1v) is 7.13. The van der Waals surface area contributed by atoms with E-state index in [1.54, 1.807) is 0 Å². The standard InChI is InChI=1S/C14H20OS/c1-3-6-11(2)15-9-12-10-16-14-8-5-4-7-13(12)14/h4-5,7-8,11-12H,3,6,9-10H2,1-2H3. The zero-order valence-electron chi connectivity index (χ0n) is 10.1. The molecule has 2 heteroatoms. The summed E-state index contributed by atoms with van der Waals surface area (Å²) >= 11 is 1.96. The van der Waals surface area contributed by atoms with E-state index in [1.165, 1.54) is 29.1 Å². The molecule has 1 aliphatic heterocycles. The fourth-order valence-electron chi connectivity index (χ4n) is 2.14. The highest BCUT2D eigenvalue weighted by Gasteiger charge is 2.23. The zero-order valence-corrected chi connectivity index (χ0v) is 10.9. The van der Waals surface area contributed by atoms with Crippen LogP contribution in [-0.2, 0) is 4.74 Å². The highest BCUT2D eigenvalue weighted by atomic mass is 32.2. The van der Waals surface area contributed by atoms with Crippen LogP contribution in [0, 0.1) is 0 Å². The fourth-order valence-corrected chi connectivity index (χ4v) is 3.37. The van der Waals surface area contributed by atoms with Gasteiger partial charge in [-0.3, -0.25) is 0 Å². The maximum Gasteiger partial charge on any atom is 0.0547 e. The Hall–Kier alpha value is -0.470. The van der Waals surface area contributed by atoms with Crippen LogP contribution in [0.25, 0.3) is 0 Å². The molecule has 1 aromatic rings. The molecule has 0 fully saturated rings. The molecule has 0 bridgehead atoms. The number of benzene rings is 1. The smallest absolute Gasteiger partial charge is 0.0547 e. The first-order chi connectivity index (χ1) is 7.81. The van der Waals surface area contributed by atoms with Crippen LogP contribution in [0.15, 0.2) is 29.2 Å². The van der Waals surface area contributed by atoms with Crippen molar-refractivity contribution in [1.82, 2.24) is 0 Å². The molecule has 1 aromatic carbocycles. The van der Waals surface area contributed by atoms with E-state index in [0.717, 1.165) is 6.61 Å². The normalized spacial score (nSPS) is 20.8. The van der Waals surface area contributed by atoms with Gasteiger partial charge < -0.3 is 4.74 Å². The van der Waals surface area contributed by atoms with Crippen LogP contribution in [0.1, 0.15) is 38.2 Å². The number of ether oxygens (including phenoxy) is 1.